The van der Waals surface area contributed by atoms with E-state index in [2.05, 4.69) is 43.5 Å². The summed E-state index contributed by atoms with van der Waals surface area (Å²) in [5.74, 6) is -0.0194. The first-order valence-corrected chi connectivity index (χ1v) is 39.1. The molecule has 0 radical (unpaired) electrons. The van der Waals surface area contributed by atoms with Gasteiger partial charge >= 0.3 is 5.97 Å². The lowest BCUT2D eigenvalue weighted by molar-refractivity contribution is -0.143. The van der Waals surface area contributed by atoms with E-state index in [1.165, 1.54) is 360 Å². The summed E-state index contributed by atoms with van der Waals surface area (Å²) >= 11 is 0. The molecule has 504 valence electrons. The van der Waals surface area contributed by atoms with Gasteiger partial charge in [-0.3, -0.25) is 9.59 Å². The molecular formula is C79H153NO5. The minimum Gasteiger partial charge on any atom is -0.466 e. The van der Waals surface area contributed by atoms with Crippen LogP contribution in [0.4, 0.5) is 0 Å². The van der Waals surface area contributed by atoms with Gasteiger partial charge in [0.2, 0.25) is 5.91 Å². The van der Waals surface area contributed by atoms with E-state index in [1.54, 1.807) is 0 Å². The summed E-state index contributed by atoms with van der Waals surface area (Å²) in [4.78, 5) is 24.7. The summed E-state index contributed by atoms with van der Waals surface area (Å²) in [5.41, 5.74) is 0. The molecule has 2 atom stereocenters. The number of aliphatic hydroxyl groups excluding tert-OH is 2. The topological polar surface area (TPSA) is 95.9 Å². The maximum atomic E-state index is 12.6. The Morgan fingerprint density at radius 1 is 0.329 bits per heavy atom. The van der Waals surface area contributed by atoms with Crippen LogP contribution >= 0.6 is 0 Å². The molecule has 3 N–H and O–H groups in total. The van der Waals surface area contributed by atoms with E-state index in [-0.39, 0.29) is 18.5 Å². The Bertz CT molecular complexity index is 1330. The SMILES string of the molecule is CCCCC/C=C\C/C=C\CCCCCCCC(=O)OCCCCCCCCCCCCCCCCCCCCCCCCCCCCCCCC(=O)NC(CO)C(O)CCCCCCCCCCCCCCCCCCCCCCCCCC. The minimum absolute atomic E-state index is 0.00646. The second-order valence-electron chi connectivity index (χ2n) is 27.0. The molecule has 1 amide bonds. The van der Waals surface area contributed by atoms with E-state index in [0.717, 1.165) is 51.4 Å². The average Bonchev–Trinajstić information content (AvgIpc) is 3.51. The van der Waals surface area contributed by atoms with Crippen LogP contribution in [-0.2, 0) is 14.3 Å². The molecule has 0 aliphatic rings. The van der Waals surface area contributed by atoms with Crippen molar-refractivity contribution in [2.24, 2.45) is 0 Å². The molecule has 0 aliphatic heterocycles. The number of nitrogens with one attached hydrogen (secondary N) is 1. The fraction of sp³-hybridized carbons (Fsp3) is 0.924. The zero-order chi connectivity index (χ0) is 61.3. The number of amides is 1. The Morgan fingerprint density at radius 3 is 0.918 bits per heavy atom. The first-order valence-electron chi connectivity index (χ1n) is 39.1. The monoisotopic (exact) mass is 1200 g/mol. The number of carbonyl (C=O) groups excluding carboxylic acids is 2. The third-order valence-corrected chi connectivity index (χ3v) is 18.5. The average molecular weight is 1200 g/mol. The van der Waals surface area contributed by atoms with Gasteiger partial charge in [0.05, 0.1) is 25.4 Å². The summed E-state index contributed by atoms with van der Waals surface area (Å²) in [7, 11) is 0. The van der Waals surface area contributed by atoms with Crippen molar-refractivity contribution in [3.8, 4) is 0 Å². The molecule has 0 aromatic rings. The van der Waals surface area contributed by atoms with E-state index >= 15 is 0 Å². The normalized spacial score (nSPS) is 12.6. The van der Waals surface area contributed by atoms with E-state index in [1.807, 2.05) is 0 Å². The van der Waals surface area contributed by atoms with Gasteiger partial charge in [-0.05, 0) is 57.8 Å². The van der Waals surface area contributed by atoms with Crippen molar-refractivity contribution in [1.29, 1.82) is 0 Å². The number of carbonyl (C=O) groups is 2. The number of hydrogen-bond donors (Lipinski definition) is 3. The lowest BCUT2D eigenvalue weighted by Crippen LogP contribution is -2.45. The molecule has 0 fully saturated rings. The van der Waals surface area contributed by atoms with Crippen molar-refractivity contribution < 1.29 is 24.5 Å². The molecule has 0 aliphatic carbocycles. The number of esters is 1. The van der Waals surface area contributed by atoms with Crippen molar-refractivity contribution in [1.82, 2.24) is 5.32 Å². The van der Waals surface area contributed by atoms with E-state index in [9.17, 15) is 19.8 Å². The predicted molar refractivity (Wildman–Crippen MR) is 375 cm³/mol. The third kappa shape index (κ3) is 71.3. The minimum atomic E-state index is -0.663. The van der Waals surface area contributed by atoms with Gasteiger partial charge < -0.3 is 20.3 Å². The van der Waals surface area contributed by atoms with Crippen LogP contribution in [-0.4, -0.2) is 47.4 Å². The van der Waals surface area contributed by atoms with Crippen LogP contribution in [0.15, 0.2) is 24.3 Å². The van der Waals surface area contributed by atoms with E-state index < -0.39 is 12.1 Å². The van der Waals surface area contributed by atoms with Crippen LogP contribution in [0.2, 0.25) is 0 Å². The first-order chi connectivity index (χ1) is 42.0. The second-order valence-corrected chi connectivity index (χ2v) is 27.0. The summed E-state index contributed by atoms with van der Waals surface area (Å²) in [5, 5.41) is 23.5. The Hall–Kier alpha value is -1.66. The summed E-state index contributed by atoms with van der Waals surface area (Å²) in [6, 6.07) is -0.540. The highest BCUT2D eigenvalue weighted by atomic mass is 16.5. The zero-order valence-electron chi connectivity index (χ0n) is 57.9. The van der Waals surface area contributed by atoms with Crippen molar-refractivity contribution in [3.05, 3.63) is 24.3 Å². The van der Waals surface area contributed by atoms with Crippen molar-refractivity contribution >= 4 is 11.9 Å². The van der Waals surface area contributed by atoms with Gasteiger partial charge in [0.15, 0.2) is 0 Å². The Morgan fingerprint density at radius 2 is 0.588 bits per heavy atom. The highest BCUT2D eigenvalue weighted by Crippen LogP contribution is 2.20. The van der Waals surface area contributed by atoms with Crippen molar-refractivity contribution in [2.45, 2.75) is 456 Å². The number of unbranched alkanes of at least 4 members (excludes halogenated alkanes) is 59. The molecule has 0 saturated heterocycles. The molecule has 85 heavy (non-hydrogen) atoms. The van der Waals surface area contributed by atoms with E-state index in [0.29, 0.717) is 25.9 Å². The van der Waals surface area contributed by atoms with Gasteiger partial charge in [0, 0.05) is 12.8 Å². The van der Waals surface area contributed by atoms with Crippen LogP contribution in [0.3, 0.4) is 0 Å². The summed E-state index contributed by atoms with van der Waals surface area (Å²) < 4.78 is 5.49. The quantitative estimate of drug-likeness (QED) is 0.0320. The van der Waals surface area contributed by atoms with Gasteiger partial charge in [-0.25, -0.2) is 0 Å². The molecule has 0 spiro atoms. The number of aliphatic hydroxyl groups is 2. The fourth-order valence-corrected chi connectivity index (χ4v) is 12.6. The third-order valence-electron chi connectivity index (χ3n) is 18.5. The lowest BCUT2D eigenvalue weighted by Gasteiger charge is -2.22. The van der Waals surface area contributed by atoms with Gasteiger partial charge in [-0.2, -0.15) is 0 Å². The maximum Gasteiger partial charge on any atom is 0.305 e. The molecular weight excluding hydrogens is 1040 g/mol. The molecule has 0 rings (SSSR count). The predicted octanol–water partition coefficient (Wildman–Crippen LogP) is 25.7. The smallest absolute Gasteiger partial charge is 0.305 e. The summed E-state index contributed by atoms with van der Waals surface area (Å²) in [6.45, 7) is 4.97. The van der Waals surface area contributed by atoms with Crippen LogP contribution < -0.4 is 5.32 Å². The standard InChI is InChI=1S/C79H153NO5/c1-3-5-7-9-11-13-15-17-19-20-21-22-23-31-34-37-40-44-47-51-55-59-63-67-71-77(82)76(75-81)80-78(83)72-68-64-60-56-52-48-45-41-38-35-32-29-27-25-24-26-28-30-33-36-39-42-46-50-54-58-62-66-70-74-85-79(84)73-69-65-61-57-53-49-43-18-16-14-12-10-8-6-4-2/h12,14,18,43,76-77,81-82H,3-11,13,15-17,19-42,44-75H2,1-2H3,(H,80,83)/b14-12-,43-18-. The molecule has 6 nitrogen and oxygen atoms in total. The van der Waals surface area contributed by atoms with Crippen LogP contribution in [0.25, 0.3) is 0 Å². The maximum absolute atomic E-state index is 12.6. The number of rotatable bonds is 74. The highest BCUT2D eigenvalue weighted by molar-refractivity contribution is 5.76. The first kappa shape index (κ1) is 83.3. The Balaban J connectivity index is 3.34. The van der Waals surface area contributed by atoms with Gasteiger partial charge in [0.25, 0.3) is 0 Å². The summed E-state index contributed by atoms with van der Waals surface area (Å²) in [6.07, 6.45) is 95.5. The Kier molecular flexibility index (Phi) is 73.3. The van der Waals surface area contributed by atoms with Gasteiger partial charge in [-0.1, -0.05) is 398 Å². The Labute approximate surface area is 532 Å². The van der Waals surface area contributed by atoms with E-state index in [4.69, 9.17) is 4.74 Å². The molecule has 0 saturated carbocycles. The van der Waals surface area contributed by atoms with Gasteiger partial charge in [-0.15, -0.1) is 0 Å². The van der Waals surface area contributed by atoms with Crippen LogP contribution in [0.5, 0.6) is 0 Å². The zero-order valence-corrected chi connectivity index (χ0v) is 57.9. The van der Waals surface area contributed by atoms with Gasteiger partial charge in [0.1, 0.15) is 0 Å². The highest BCUT2D eigenvalue weighted by Gasteiger charge is 2.20. The molecule has 6 heteroatoms. The second kappa shape index (κ2) is 74.8. The number of ether oxygens (including phenoxy) is 1. The van der Waals surface area contributed by atoms with Crippen molar-refractivity contribution in [2.75, 3.05) is 13.2 Å². The van der Waals surface area contributed by atoms with Crippen molar-refractivity contribution in [3.63, 3.8) is 0 Å². The van der Waals surface area contributed by atoms with Crippen LogP contribution in [0, 0.1) is 0 Å². The molecule has 2 unspecified atom stereocenters. The number of allylic oxidation sites excluding steroid dienone is 4. The molecule has 0 bridgehead atoms. The molecule has 0 aromatic carbocycles. The molecule has 0 aromatic heterocycles. The number of hydrogen-bond acceptors (Lipinski definition) is 5. The lowest BCUT2D eigenvalue weighted by atomic mass is 10.0. The molecule has 0 heterocycles. The largest absolute Gasteiger partial charge is 0.466 e. The van der Waals surface area contributed by atoms with Crippen LogP contribution in [0.1, 0.15) is 444 Å². The fourth-order valence-electron chi connectivity index (χ4n) is 12.6.